The van der Waals surface area contributed by atoms with Gasteiger partial charge < -0.3 is 14.6 Å². The summed E-state index contributed by atoms with van der Waals surface area (Å²) in [5, 5.41) is 9.39. The molecule has 0 unspecified atom stereocenters. The second-order valence-corrected chi connectivity index (χ2v) is 9.60. The first kappa shape index (κ1) is 23.7. The van der Waals surface area contributed by atoms with E-state index in [0.717, 1.165) is 62.0 Å². The number of nitrogens with one attached hydrogen (secondary N) is 2. The number of nitrogens with zero attached hydrogens (tertiary/aromatic N) is 5. The van der Waals surface area contributed by atoms with E-state index >= 15 is 0 Å². The molecule has 0 fully saturated rings. The molecule has 6 rings (SSSR count). The molecule has 0 spiro atoms. The first-order valence-corrected chi connectivity index (χ1v) is 12.3. The number of hydrogen-bond donors (Lipinski definition) is 2. The van der Waals surface area contributed by atoms with Gasteiger partial charge in [0.05, 0.1) is 23.6 Å². The Morgan fingerprint density at radius 2 is 1.71 bits per heavy atom. The first-order chi connectivity index (χ1) is 18.4. The highest BCUT2D eigenvalue weighted by Gasteiger charge is 2.16. The summed E-state index contributed by atoms with van der Waals surface area (Å²) in [7, 11) is 4.02. The number of ether oxygens (including phenoxy) is 1. The van der Waals surface area contributed by atoms with Crippen molar-refractivity contribution in [2.75, 3.05) is 27.2 Å². The molecule has 9 heteroatoms. The second-order valence-electron chi connectivity index (χ2n) is 9.60. The number of hydrogen-bond acceptors (Lipinski definition) is 6. The highest BCUT2D eigenvalue weighted by Crippen LogP contribution is 2.35. The highest BCUT2D eigenvalue weighted by atomic mass is 19.1. The van der Waals surface area contributed by atoms with Gasteiger partial charge in [-0.15, -0.1) is 0 Å². The lowest BCUT2D eigenvalue weighted by molar-refractivity contribution is 0.261. The lowest BCUT2D eigenvalue weighted by Gasteiger charge is -2.11. The van der Waals surface area contributed by atoms with Gasteiger partial charge in [-0.1, -0.05) is 6.07 Å². The molecule has 0 aliphatic carbocycles. The first-order valence-electron chi connectivity index (χ1n) is 12.3. The van der Waals surface area contributed by atoms with Crippen molar-refractivity contribution < 1.29 is 9.13 Å². The number of aryl methyl sites for hydroxylation is 1. The van der Waals surface area contributed by atoms with E-state index in [1.807, 2.05) is 45.3 Å². The minimum absolute atomic E-state index is 0.272. The van der Waals surface area contributed by atoms with Gasteiger partial charge in [-0.25, -0.2) is 9.37 Å². The van der Waals surface area contributed by atoms with E-state index in [1.54, 1.807) is 31.0 Å². The maximum atomic E-state index is 14.1. The number of rotatable bonds is 7. The number of H-pyrrole nitrogens is 2. The van der Waals surface area contributed by atoms with Crippen LogP contribution in [0.2, 0.25) is 0 Å². The van der Waals surface area contributed by atoms with Crippen LogP contribution in [0.4, 0.5) is 4.39 Å². The van der Waals surface area contributed by atoms with E-state index in [1.165, 1.54) is 12.1 Å². The normalized spacial score (nSPS) is 11.6. The van der Waals surface area contributed by atoms with Gasteiger partial charge in [0.2, 0.25) is 0 Å². The molecule has 2 N–H and O–H groups in total. The van der Waals surface area contributed by atoms with Crippen LogP contribution in [0.5, 0.6) is 5.75 Å². The van der Waals surface area contributed by atoms with E-state index in [9.17, 15) is 4.39 Å². The predicted molar refractivity (Wildman–Crippen MR) is 146 cm³/mol. The zero-order valence-corrected chi connectivity index (χ0v) is 21.3. The number of fused-ring (bicyclic) bond motifs is 2. The maximum Gasteiger partial charge on any atom is 0.155 e. The van der Waals surface area contributed by atoms with E-state index < -0.39 is 0 Å². The molecule has 0 atom stereocenters. The maximum absolute atomic E-state index is 14.1. The molecule has 0 saturated heterocycles. The molecule has 1 aromatic carbocycles. The number of pyridine rings is 3. The van der Waals surface area contributed by atoms with E-state index in [2.05, 4.69) is 35.0 Å². The minimum atomic E-state index is -0.272. The molecule has 0 aliphatic heterocycles. The van der Waals surface area contributed by atoms with Crippen LogP contribution >= 0.6 is 0 Å². The molecule has 0 amide bonds. The zero-order valence-electron chi connectivity index (χ0n) is 21.3. The van der Waals surface area contributed by atoms with Gasteiger partial charge in [0, 0.05) is 52.6 Å². The van der Waals surface area contributed by atoms with Gasteiger partial charge in [-0.3, -0.25) is 15.1 Å². The summed E-state index contributed by atoms with van der Waals surface area (Å²) in [5.74, 6) is 0.436. The molecule has 5 aromatic heterocycles. The van der Waals surface area contributed by atoms with E-state index in [4.69, 9.17) is 4.74 Å². The van der Waals surface area contributed by atoms with Crippen LogP contribution in [0.25, 0.3) is 55.6 Å². The van der Waals surface area contributed by atoms with E-state index in [0.29, 0.717) is 18.0 Å². The van der Waals surface area contributed by atoms with Crippen molar-refractivity contribution in [3.05, 3.63) is 78.8 Å². The molecular formula is C29H26FN7O. The molecule has 0 aliphatic rings. The highest BCUT2D eigenvalue weighted by molar-refractivity contribution is 6.00. The Kier molecular flexibility index (Phi) is 6.05. The standard InChI is InChI=1S/C29H26FN7O/c1-17-6-18(8-21(30)7-17)25-15-32-16-27-23(25)11-26(34-27)28-24-10-20(13-33-29(24)36-35-28)19-9-22(14-31-12-19)38-5-4-37(2)3/h6-16,34H,4-5H2,1-3H3,(H,33,35,36). The molecule has 5 heterocycles. The van der Waals surface area contributed by atoms with Gasteiger partial charge in [-0.2, -0.15) is 5.10 Å². The molecule has 8 nitrogen and oxygen atoms in total. The van der Waals surface area contributed by atoms with Crippen LogP contribution in [-0.4, -0.2) is 62.3 Å². The molecule has 0 saturated carbocycles. The SMILES string of the molecule is Cc1cc(F)cc(-c2cncc3[nH]c(-c4n[nH]c5ncc(-c6cncc(OCCN(C)C)c6)cc45)cc23)c1. The number of benzene rings is 1. The van der Waals surface area contributed by atoms with Crippen LogP contribution in [0.1, 0.15) is 5.56 Å². The van der Waals surface area contributed by atoms with Crippen molar-refractivity contribution in [1.29, 1.82) is 0 Å². The van der Waals surface area contributed by atoms with Gasteiger partial charge in [-0.05, 0) is 62.5 Å². The van der Waals surface area contributed by atoms with Crippen LogP contribution < -0.4 is 4.74 Å². The molecular weight excluding hydrogens is 481 g/mol. The Hall–Kier alpha value is -4.63. The monoisotopic (exact) mass is 507 g/mol. The summed E-state index contributed by atoms with van der Waals surface area (Å²) in [6, 6.07) is 11.0. The Morgan fingerprint density at radius 3 is 2.55 bits per heavy atom. The van der Waals surface area contributed by atoms with Crippen molar-refractivity contribution in [2.45, 2.75) is 6.92 Å². The number of aromatic amines is 2. The smallest absolute Gasteiger partial charge is 0.155 e. The van der Waals surface area contributed by atoms with Crippen molar-refractivity contribution in [2.24, 2.45) is 0 Å². The lowest BCUT2D eigenvalue weighted by atomic mass is 10.0. The van der Waals surface area contributed by atoms with Gasteiger partial charge >= 0.3 is 0 Å². The number of aromatic nitrogens is 6. The third-order valence-electron chi connectivity index (χ3n) is 6.42. The van der Waals surface area contributed by atoms with Crippen LogP contribution in [-0.2, 0) is 0 Å². The van der Waals surface area contributed by atoms with Crippen molar-refractivity contribution in [1.82, 2.24) is 35.0 Å². The topological polar surface area (TPSA) is 95.6 Å². The van der Waals surface area contributed by atoms with Gasteiger partial charge in [0.1, 0.15) is 23.9 Å². The molecule has 38 heavy (non-hydrogen) atoms. The predicted octanol–water partition coefficient (Wildman–Crippen LogP) is 5.62. The minimum Gasteiger partial charge on any atom is -0.491 e. The average molecular weight is 508 g/mol. The lowest BCUT2D eigenvalue weighted by Crippen LogP contribution is -2.19. The van der Waals surface area contributed by atoms with Gasteiger partial charge in [0.15, 0.2) is 5.65 Å². The van der Waals surface area contributed by atoms with E-state index in [-0.39, 0.29) is 5.82 Å². The summed E-state index contributed by atoms with van der Waals surface area (Å²) in [6.45, 7) is 3.27. The molecule has 0 radical (unpaired) electrons. The Labute approximate surface area is 218 Å². The summed E-state index contributed by atoms with van der Waals surface area (Å²) >= 11 is 0. The van der Waals surface area contributed by atoms with Crippen LogP contribution in [0.15, 0.2) is 67.4 Å². The Bertz CT molecular complexity index is 1750. The van der Waals surface area contributed by atoms with Crippen LogP contribution in [0.3, 0.4) is 0 Å². The summed E-state index contributed by atoms with van der Waals surface area (Å²) < 4.78 is 20.0. The molecule has 190 valence electrons. The molecule has 0 bridgehead atoms. The van der Waals surface area contributed by atoms with Crippen LogP contribution in [0, 0.1) is 12.7 Å². The fraction of sp³-hybridized carbons (Fsp3) is 0.172. The summed E-state index contributed by atoms with van der Waals surface area (Å²) in [5.41, 5.74) is 7.35. The second kappa shape index (κ2) is 9.68. The van der Waals surface area contributed by atoms with Gasteiger partial charge in [0.25, 0.3) is 0 Å². The fourth-order valence-electron chi connectivity index (χ4n) is 4.57. The number of halogens is 1. The largest absolute Gasteiger partial charge is 0.491 e. The summed E-state index contributed by atoms with van der Waals surface area (Å²) in [6.07, 6.45) is 8.83. The molecule has 6 aromatic rings. The van der Waals surface area contributed by atoms with Crippen molar-refractivity contribution in [3.8, 4) is 39.4 Å². The average Bonchev–Trinajstić information content (AvgIpc) is 3.51. The van der Waals surface area contributed by atoms with Crippen molar-refractivity contribution >= 4 is 21.9 Å². The fourth-order valence-corrected chi connectivity index (χ4v) is 4.57. The Balaban J connectivity index is 1.38. The number of likely N-dealkylation sites (N-methyl/N-ethyl adjacent to an activating group) is 1. The zero-order chi connectivity index (χ0) is 26.2. The summed E-state index contributed by atoms with van der Waals surface area (Å²) in [4.78, 5) is 18.8. The third-order valence-corrected chi connectivity index (χ3v) is 6.42. The van der Waals surface area contributed by atoms with Crippen molar-refractivity contribution in [3.63, 3.8) is 0 Å². The quantitative estimate of drug-likeness (QED) is 0.291. The Morgan fingerprint density at radius 1 is 0.868 bits per heavy atom. The third kappa shape index (κ3) is 4.59.